The number of furan rings is 1. The fraction of sp³-hybridized carbons (Fsp3) is 0.545. The molecule has 0 aliphatic heterocycles. The lowest BCUT2D eigenvalue weighted by atomic mass is 10.2. The van der Waals surface area contributed by atoms with E-state index in [4.69, 9.17) is 14.6 Å². The summed E-state index contributed by atoms with van der Waals surface area (Å²) in [5, 5.41) is 20.9. The minimum atomic E-state index is -0.977. The van der Waals surface area contributed by atoms with Crippen LogP contribution in [0.1, 0.15) is 35.9 Å². The molecule has 90 valence electrons. The summed E-state index contributed by atoms with van der Waals surface area (Å²) >= 11 is 0. The molecule has 1 atom stereocenters. The summed E-state index contributed by atoms with van der Waals surface area (Å²) in [7, 11) is 0. The first-order valence-electron chi connectivity index (χ1n) is 5.29. The Kier molecular flexibility index (Phi) is 5.01. The Morgan fingerprint density at radius 2 is 2.38 bits per heavy atom. The second-order valence-corrected chi connectivity index (χ2v) is 3.73. The highest BCUT2D eigenvalue weighted by Crippen LogP contribution is 2.09. The third kappa shape index (κ3) is 4.04. The second kappa shape index (κ2) is 6.30. The molecule has 1 aromatic rings. The van der Waals surface area contributed by atoms with Crippen molar-refractivity contribution in [2.24, 2.45) is 0 Å². The van der Waals surface area contributed by atoms with Crippen molar-refractivity contribution in [3.63, 3.8) is 0 Å². The van der Waals surface area contributed by atoms with Crippen LogP contribution in [0.2, 0.25) is 0 Å². The Balaban J connectivity index is 2.27. The first-order valence-corrected chi connectivity index (χ1v) is 5.29. The van der Waals surface area contributed by atoms with Gasteiger partial charge in [-0.3, -0.25) is 0 Å². The quantitative estimate of drug-likeness (QED) is 0.610. The molecule has 1 rings (SSSR count). The predicted molar refractivity (Wildman–Crippen MR) is 58.3 cm³/mol. The SMILES string of the molecule is CC(O)CCCNCc1occc1C(=O)O. The molecule has 0 fully saturated rings. The van der Waals surface area contributed by atoms with Gasteiger partial charge in [-0.15, -0.1) is 0 Å². The van der Waals surface area contributed by atoms with Crippen LogP contribution in [0.4, 0.5) is 0 Å². The molecule has 1 heterocycles. The summed E-state index contributed by atoms with van der Waals surface area (Å²) in [6.45, 7) is 2.87. The number of carboxylic acids is 1. The van der Waals surface area contributed by atoms with Crippen LogP contribution in [0.5, 0.6) is 0 Å². The number of hydrogen-bond donors (Lipinski definition) is 3. The highest BCUT2D eigenvalue weighted by molar-refractivity contribution is 5.88. The zero-order valence-corrected chi connectivity index (χ0v) is 9.27. The van der Waals surface area contributed by atoms with Gasteiger partial charge < -0.3 is 19.9 Å². The molecule has 1 aromatic heterocycles. The maximum atomic E-state index is 10.7. The number of carboxylic acid groups (broad SMARTS) is 1. The van der Waals surface area contributed by atoms with E-state index in [1.54, 1.807) is 6.92 Å². The Labute approximate surface area is 94.1 Å². The second-order valence-electron chi connectivity index (χ2n) is 3.73. The largest absolute Gasteiger partial charge is 0.478 e. The first-order chi connectivity index (χ1) is 7.61. The van der Waals surface area contributed by atoms with Crippen LogP contribution >= 0.6 is 0 Å². The van der Waals surface area contributed by atoms with Crippen LogP contribution in [0.3, 0.4) is 0 Å². The molecule has 0 spiro atoms. The van der Waals surface area contributed by atoms with Crippen molar-refractivity contribution >= 4 is 5.97 Å². The van der Waals surface area contributed by atoms with Gasteiger partial charge in [0.15, 0.2) is 0 Å². The van der Waals surface area contributed by atoms with Gasteiger partial charge in [0.25, 0.3) is 0 Å². The van der Waals surface area contributed by atoms with Crippen molar-refractivity contribution in [2.75, 3.05) is 6.54 Å². The molecule has 0 aliphatic carbocycles. The number of rotatable bonds is 7. The zero-order chi connectivity index (χ0) is 12.0. The number of aliphatic hydroxyl groups is 1. The number of nitrogens with one attached hydrogen (secondary N) is 1. The van der Waals surface area contributed by atoms with E-state index < -0.39 is 5.97 Å². The van der Waals surface area contributed by atoms with E-state index in [0.29, 0.717) is 12.3 Å². The normalized spacial score (nSPS) is 12.6. The number of hydrogen-bond acceptors (Lipinski definition) is 4. The van der Waals surface area contributed by atoms with E-state index in [0.717, 1.165) is 19.4 Å². The van der Waals surface area contributed by atoms with Gasteiger partial charge >= 0.3 is 5.97 Å². The average molecular weight is 227 g/mol. The highest BCUT2D eigenvalue weighted by atomic mass is 16.4. The van der Waals surface area contributed by atoms with Gasteiger partial charge in [0.2, 0.25) is 0 Å². The standard InChI is InChI=1S/C11H17NO4/c1-8(13)3-2-5-12-7-10-9(11(14)15)4-6-16-10/h4,6,8,12-13H,2-3,5,7H2,1H3,(H,14,15). The summed E-state index contributed by atoms with van der Waals surface area (Å²) in [5.74, 6) is -0.543. The van der Waals surface area contributed by atoms with E-state index in [1.165, 1.54) is 12.3 Å². The minimum Gasteiger partial charge on any atom is -0.478 e. The topological polar surface area (TPSA) is 82.7 Å². The van der Waals surface area contributed by atoms with Gasteiger partial charge in [0.05, 0.1) is 18.9 Å². The fourth-order valence-corrected chi connectivity index (χ4v) is 1.39. The lowest BCUT2D eigenvalue weighted by Crippen LogP contribution is -2.17. The van der Waals surface area contributed by atoms with E-state index in [9.17, 15) is 4.79 Å². The molecule has 0 amide bonds. The number of aromatic carboxylic acids is 1. The van der Waals surface area contributed by atoms with Gasteiger partial charge in [-0.05, 0) is 32.4 Å². The van der Waals surface area contributed by atoms with Crippen molar-refractivity contribution in [1.29, 1.82) is 0 Å². The van der Waals surface area contributed by atoms with E-state index in [2.05, 4.69) is 5.32 Å². The minimum absolute atomic E-state index is 0.197. The van der Waals surface area contributed by atoms with E-state index >= 15 is 0 Å². The van der Waals surface area contributed by atoms with Crippen LogP contribution in [-0.4, -0.2) is 28.8 Å². The van der Waals surface area contributed by atoms with Crippen molar-refractivity contribution in [3.05, 3.63) is 23.7 Å². The van der Waals surface area contributed by atoms with E-state index in [1.807, 2.05) is 0 Å². The average Bonchev–Trinajstić information content (AvgIpc) is 2.65. The van der Waals surface area contributed by atoms with Gasteiger partial charge in [0.1, 0.15) is 11.3 Å². The van der Waals surface area contributed by atoms with Gasteiger partial charge in [-0.1, -0.05) is 0 Å². The predicted octanol–water partition coefficient (Wildman–Crippen LogP) is 1.23. The zero-order valence-electron chi connectivity index (χ0n) is 9.27. The van der Waals surface area contributed by atoms with Crippen LogP contribution in [0, 0.1) is 0 Å². The van der Waals surface area contributed by atoms with E-state index in [-0.39, 0.29) is 11.7 Å². The summed E-state index contributed by atoms with van der Waals surface area (Å²) in [6.07, 6.45) is 2.66. The molecule has 0 aliphatic rings. The molecule has 0 radical (unpaired) electrons. The monoisotopic (exact) mass is 227 g/mol. The molecule has 0 saturated carbocycles. The molecule has 0 bridgehead atoms. The molecule has 0 aromatic carbocycles. The van der Waals surface area contributed by atoms with Crippen molar-refractivity contribution in [3.8, 4) is 0 Å². The van der Waals surface area contributed by atoms with Gasteiger partial charge in [0, 0.05) is 0 Å². The fourth-order valence-electron chi connectivity index (χ4n) is 1.39. The van der Waals surface area contributed by atoms with Crippen LogP contribution in [0.25, 0.3) is 0 Å². The summed E-state index contributed by atoms with van der Waals surface area (Å²) in [6, 6.07) is 1.44. The lowest BCUT2D eigenvalue weighted by molar-refractivity contribution is 0.0694. The number of aliphatic hydroxyl groups excluding tert-OH is 1. The summed E-state index contributed by atoms with van der Waals surface area (Å²) in [4.78, 5) is 10.7. The Bertz CT molecular complexity index is 332. The third-order valence-electron chi connectivity index (χ3n) is 2.24. The first kappa shape index (κ1) is 12.7. The molecule has 5 heteroatoms. The Morgan fingerprint density at radius 1 is 1.62 bits per heavy atom. The molecule has 16 heavy (non-hydrogen) atoms. The molecule has 1 unspecified atom stereocenters. The summed E-state index contributed by atoms with van der Waals surface area (Å²) < 4.78 is 5.06. The van der Waals surface area contributed by atoms with Crippen LogP contribution < -0.4 is 5.32 Å². The molecule has 5 nitrogen and oxygen atoms in total. The maximum absolute atomic E-state index is 10.7. The molecular weight excluding hydrogens is 210 g/mol. The van der Waals surface area contributed by atoms with Crippen molar-refractivity contribution in [1.82, 2.24) is 5.32 Å². The van der Waals surface area contributed by atoms with Gasteiger partial charge in [-0.2, -0.15) is 0 Å². The molecule has 3 N–H and O–H groups in total. The van der Waals surface area contributed by atoms with Crippen molar-refractivity contribution < 1.29 is 19.4 Å². The molecule has 0 saturated heterocycles. The third-order valence-corrected chi connectivity index (χ3v) is 2.24. The Hall–Kier alpha value is -1.33. The van der Waals surface area contributed by atoms with Crippen molar-refractivity contribution in [2.45, 2.75) is 32.4 Å². The Morgan fingerprint density at radius 3 is 3.00 bits per heavy atom. The lowest BCUT2D eigenvalue weighted by Gasteiger charge is -2.05. The number of carbonyl (C=O) groups is 1. The summed E-state index contributed by atoms with van der Waals surface area (Å²) in [5.41, 5.74) is 0.197. The highest BCUT2D eigenvalue weighted by Gasteiger charge is 2.12. The van der Waals surface area contributed by atoms with Crippen LogP contribution in [0.15, 0.2) is 16.7 Å². The van der Waals surface area contributed by atoms with Crippen LogP contribution in [-0.2, 0) is 6.54 Å². The molecular formula is C11H17NO4. The maximum Gasteiger partial charge on any atom is 0.339 e. The smallest absolute Gasteiger partial charge is 0.339 e. The van der Waals surface area contributed by atoms with Gasteiger partial charge in [-0.25, -0.2) is 4.79 Å².